The average molecular weight is 497 g/mol. The molecule has 4 unspecified atom stereocenters. The van der Waals surface area contributed by atoms with Crippen molar-refractivity contribution in [1.82, 2.24) is 15.5 Å². The molecule has 2 rings (SSSR count). The lowest BCUT2D eigenvalue weighted by Crippen LogP contribution is -2.57. The van der Waals surface area contributed by atoms with E-state index in [9.17, 15) is 24.3 Å². The summed E-state index contributed by atoms with van der Waals surface area (Å²) in [5.74, 6) is -1.99. The predicted octanol–water partition coefficient (Wildman–Crippen LogP) is 0.285. The van der Waals surface area contributed by atoms with Gasteiger partial charge in [-0.15, -0.1) is 0 Å². The van der Waals surface area contributed by atoms with Crippen LogP contribution in [0.1, 0.15) is 24.8 Å². The molecule has 0 aromatic heterocycles. The normalized spacial score (nSPS) is 18.3. The molecule has 1 fully saturated rings. The third-order valence-corrected chi connectivity index (χ3v) is 6.50. The zero-order valence-corrected chi connectivity index (χ0v) is 20.3. The first-order valence-electron chi connectivity index (χ1n) is 10.8. The maximum atomic E-state index is 12.9. The molecule has 33 heavy (non-hydrogen) atoms. The smallest absolute Gasteiger partial charge is 0.326 e. The topological polar surface area (TPSA) is 142 Å². The highest BCUT2D eigenvalue weighted by Gasteiger charge is 2.37. The number of nitrogens with two attached hydrogens (primary N) is 1. The first-order valence-corrected chi connectivity index (χ1v) is 12.8. The molecule has 1 aromatic rings. The minimum absolute atomic E-state index is 0.0133. The van der Waals surface area contributed by atoms with E-state index in [2.05, 4.69) is 23.3 Å². The Bertz CT molecular complexity index is 826. The molecule has 9 nitrogen and oxygen atoms in total. The largest absolute Gasteiger partial charge is 0.480 e. The van der Waals surface area contributed by atoms with Crippen LogP contribution in [-0.2, 0) is 25.6 Å². The fourth-order valence-corrected chi connectivity index (χ4v) is 4.43. The third-order valence-electron chi connectivity index (χ3n) is 5.49. The van der Waals surface area contributed by atoms with Gasteiger partial charge in [-0.2, -0.15) is 24.4 Å². The molecule has 0 spiro atoms. The highest BCUT2D eigenvalue weighted by atomic mass is 32.2. The number of rotatable bonds is 12. The number of carbonyl (C=O) groups excluding carboxylic acids is 3. The number of carboxylic acids is 1. The lowest BCUT2D eigenvalue weighted by Gasteiger charge is -2.28. The van der Waals surface area contributed by atoms with Crippen LogP contribution in [0.5, 0.6) is 0 Å². The van der Waals surface area contributed by atoms with Crippen LogP contribution in [-0.4, -0.2) is 82.2 Å². The predicted molar refractivity (Wildman–Crippen MR) is 131 cm³/mol. The number of thiol groups is 1. The van der Waals surface area contributed by atoms with Gasteiger partial charge in [-0.3, -0.25) is 14.4 Å². The number of carboxylic acid groups (broad SMARTS) is 1. The van der Waals surface area contributed by atoms with Crippen molar-refractivity contribution < 1.29 is 24.3 Å². The molecule has 4 atom stereocenters. The standard InChI is InChI=1S/C22H32N4O5S2/c1-33-11-9-16(22(30)31)24-19(27)17(13-32)25-20(28)18-8-5-10-26(18)21(29)15(23)12-14-6-3-2-4-7-14/h2-4,6-7,15-18,32H,5,8-13,23H2,1H3,(H,24,27)(H,25,28)(H,30,31). The van der Waals surface area contributed by atoms with Gasteiger partial charge in [-0.1, -0.05) is 30.3 Å². The van der Waals surface area contributed by atoms with Crippen LogP contribution in [0.25, 0.3) is 0 Å². The van der Waals surface area contributed by atoms with E-state index in [1.54, 1.807) is 0 Å². The van der Waals surface area contributed by atoms with Gasteiger partial charge in [0.1, 0.15) is 18.1 Å². The van der Waals surface area contributed by atoms with Gasteiger partial charge in [0.15, 0.2) is 0 Å². The number of carbonyl (C=O) groups is 4. The van der Waals surface area contributed by atoms with Gasteiger partial charge in [0.25, 0.3) is 0 Å². The Labute approximate surface area is 203 Å². The Hall–Kier alpha value is -2.24. The molecule has 3 amide bonds. The summed E-state index contributed by atoms with van der Waals surface area (Å²) in [6.45, 7) is 0.410. The lowest BCUT2D eigenvalue weighted by atomic mass is 10.1. The van der Waals surface area contributed by atoms with E-state index in [4.69, 9.17) is 5.73 Å². The Balaban J connectivity index is 1.98. The van der Waals surface area contributed by atoms with Gasteiger partial charge in [0.2, 0.25) is 17.7 Å². The minimum atomic E-state index is -1.14. The lowest BCUT2D eigenvalue weighted by molar-refractivity contribution is -0.143. The maximum Gasteiger partial charge on any atom is 0.326 e. The molecule has 0 aliphatic carbocycles. The number of benzene rings is 1. The highest BCUT2D eigenvalue weighted by Crippen LogP contribution is 2.19. The van der Waals surface area contributed by atoms with E-state index in [1.165, 1.54) is 16.7 Å². The number of hydrogen-bond acceptors (Lipinski definition) is 7. The molecule has 11 heteroatoms. The number of hydrogen-bond donors (Lipinski definition) is 5. The molecular weight excluding hydrogens is 464 g/mol. The fourth-order valence-electron chi connectivity index (χ4n) is 3.70. The first kappa shape index (κ1) is 27.0. The summed E-state index contributed by atoms with van der Waals surface area (Å²) in [6.07, 6.45) is 3.58. The molecule has 1 heterocycles. The average Bonchev–Trinajstić information content (AvgIpc) is 3.29. The summed E-state index contributed by atoms with van der Waals surface area (Å²) in [4.78, 5) is 51.3. The second kappa shape index (κ2) is 13.5. The van der Waals surface area contributed by atoms with E-state index in [1.807, 2.05) is 36.6 Å². The van der Waals surface area contributed by atoms with E-state index in [0.717, 1.165) is 5.56 Å². The fraction of sp³-hybridized carbons (Fsp3) is 0.545. The van der Waals surface area contributed by atoms with Gasteiger partial charge in [-0.05, 0) is 43.3 Å². The highest BCUT2D eigenvalue weighted by molar-refractivity contribution is 7.98. The van der Waals surface area contributed by atoms with Crippen molar-refractivity contribution in [2.24, 2.45) is 5.73 Å². The number of thioether (sulfide) groups is 1. The molecule has 0 bridgehead atoms. The van der Waals surface area contributed by atoms with Crippen LogP contribution >= 0.6 is 24.4 Å². The monoisotopic (exact) mass is 496 g/mol. The zero-order valence-electron chi connectivity index (χ0n) is 18.6. The number of nitrogens with zero attached hydrogens (tertiary/aromatic N) is 1. The summed E-state index contributed by atoms with van der Waals surface area (Å²) < 4.78 is 0. The van der Waals surface area contributed by atoms with Crippen molar-refractivity contribution in [2.45, 2.75) is 49.9 Å². The first-order chi connectivity index (χ1) is 15.8. The van der Waals surface area contributed by atoms with E-state index in [-0.39, 0.29) is 18.1 Å². The molecule has 1 saturated heterocycles. The summed E-state index contributed by atoms with van der Waals surface area (Å²) >= 11 is 5.62. The molecule has 1 aromatic carbocycles. The van der Waals surface area contributed by atoms with Crippen LogP contribution in [0.2, 0.25) is 0 Å². The van der Waals surface area contributed by atoms with Crippen LogP contribution < -0.4 is 16.4 Å². The van der Waals surface area contributed by atoms with Crippen molar-refractivity contribution in [2.75, 3.05) is 24.3 Å². The quantitative estimate of drug-likeness (QED) is 0.262. The minimum Gasteiger partial charge on any atom is -0.480 e. The van der Waals surface area contributed by atoms with E-state index in [0.29, 0.717) is 31.6 Å². The third kappa shape index (κ3) is 7.94. The zero-order chi connectivity index (χ0) is 24.4. The Morgan fingerprint density at radius 2 is 1.91 bits per heavy atom. The summed E-state index contributed by atoms with van der Waals surface area (Å²) in [5.41, 5.74) is 7.06. The molecule has 0 radical (unpaired) electrons. The summed E-state index contributed by atoms with van der Waals surface area (Å²) in [6, 6.07) is 5.82. The van der Waals surface area contributed by atoms with Gasteiger partial charge in [0, 0.05) is 12.3 Å². The summed E-state index contributed by atoms with van der Waals surface area (Å²) in [5, 5.41) is 14.4. The molecule has 1 aliphatic heterocycles. The van der Waals surface area contributed by atoms with Gasteiger partial charge in [-0.25, -0.2) is 4.79 Å². The van der Waals surface area contributed by atoms with Crippen LogP contribution in [0, 0.1) is 0 Å². The second-order valence-electron chi connectivity index (χ2n) is 7.91. The Morgan fingerprint density at radius 3 is 2.52 bits per heavy atom. The molecule has 1 aliphatic rings. The van der Waals surface area contributed by atoms with Crippen molar-refractivity contribution >= 4 is 48.1 Å². The SMILES string of the molecule is CSCCC(NC(=O)C(CS)NC(=O)C1CCCN1C(=O)C(N)Cc1ccccc1)C(=O)O. The summed E-state index contributed by atoms with van der Waals surface area (Å²) in [7, 11) is 0. The molecule has 0 saturated carbocycles. The van der Waals surface area contributed by atoms with Crippen molar-refractivity contribution in [3.8, 4) is 0 Å². The van der Waals surface area contributed by atoms with Crippen molar-refractivity contribution in [3.05, 3.63) is 35.9 Å². The molecule has 5 N–H and O–H groups in total. The number of likely N-dealkylation sites (tertiary alicyclic amines) is 1. The molecular formula is C22H32N4O5S2. The Kier molecular flexibility index (Phi) is 11.0. The van der Waals surface area contributed by atoms with Crippen LogP contribution in [0.4, 0.5) is 0 Å². The van der Waals surface area contributed by atoms with Crippen molar-refractivity contribution in [3.63, 3.8) is 0 Å². The van der Waals surface area contributed by atoms with Gasteiger partial charge >= 0.3 is 5.97 Å². The number of aliphatic carboxylic acids is 1. The van der Waals surface area contributed by atoms with Gasteiger partial charge in [0.05, 0.1) is 6.04 Å². The number of amides is 3. The van der Waals surface area contributed by atoms with Gasteiger partial charge < -0.3 is 26.4 Å². The van der Waals surface area contributed by atoms with E-state index >= 15 is 0 Å². The number of nitrogens with one attached hydrogen (secondary N) is 2. The van der Waals surface area contributed by atoms with Crippen LogP contribution in [0.3, 0.4) is 0 Å². The second-order valence-corrected chi connectivity index (χ2v) is 9.26. The van der Waals surface area contributed by atoms with Crippen molar-refractivity contribution in [1.29, 1.82) is 0 Å². The maximum absolute atomic E-state index is 12.9. The van der Waals surface area contributed by atoms with E-state index < -0.39 is 42.0 Å². The molecule has 182 valence electrons. The Morgan fingerprint density at radius 1 is 1.21 bits per heavy atom. The van der Waals surface area contributed by atoms with Crippen LogP contribution in [0.15, 0.2) is 30.3 Å².